The zero-order valence-corrected chi connectivity index (χ0v) is 15.1. The van der Waals surface area contributed by atoms with Crippen LogP contribution in [0.3, 0.4) is 0 Å². The van der Waals surface area contributed by atoms with Crippen molar-refractivity contribution in [3.8, 4) is 6.07 Å². The van der Waals surface area contributed by atoms with Crippen molar-refractivity contribution in [2.45, 2.75) is 43.7 Å². The first kappa shape index (κ1) is 19.4. The first-order valence-corrected chi connectivity index (χ1v) is 9.64. The lowest BCUT2D eigenvalue weighted by Crippen LogP contribution is -2.51. The van der Waals surface area contributed by atoms with Gasteiger partial charge < -0.3 is 9.47 Å². The lowest BCUT2D eigenvalue weighted by Gasteiger charge is -2.32. The fourth-order valence-corrected chi connectivity index (χ4v) is 4.01. The maximum Gasteiger partial charge on any atom is 0.324 e. The Morgan fingerprint density at radius 2 is 2.12 bits per heavy atom. The van der Waals surface area contributed by atoms with Crippen molar-refractivity contribution in [1.82, 2.24) is 4.72 Å². The van der Waals surface area contributed by atoms with Gasteiger partial charge in [0.05, 0.1) is 17.6 Å². The maximum atomic E-state index is 12.7. The summed E-state index contributed by atoms with van der Waals surface area (Å²) >= 11 is 0. The molecule has 0 unspecified atom stereocenters. The van der Waals surface area contributed by atoms with Crippen molar-refractivity contribution in [3.63, 3.8) is 0 Å². The normalized spacial score (nSPS) is 22.0. The van der Waals surface area contributed by atoms with E-state index in [9.17, 15) is 18.5 Å². The summed E-state index contributed by atoms with van der Waals surface area (Å²) in [5, 5.41) is 9.26. The summed E-state index contributed by atoms with van der Waals surface area (Å²) in [6, 6.07) is 7.12. The number of ether oxygens (including phenoxy) is 2. The Labute approximate surface area is 148 Å². The fourth-order valence-electron chi connectivity index (χ4n) is 2.77. The van der Waals surface area contributed by atoms with E-state index in [4.69, 9.17) is 9.47 Å². The highest BCUT2D eigenvalue weighted by Gasteiger charge is 2.40. The van der Waals surface area contributed by atoms with Crippen LogP contribution in [-0.2, 0) is 24.3 Å². The second-order valence-electron chi connectivity index (χ2n) is 5.89. The molecule has 2 rings (SSSR count). The molecule has 1 aromatic rings. The van der Waals surface area contributed by atoms with Gasteiger partial charge in [-0.3, -0.25) is 4.79 Å². The molecule has 8 heteroatoms. The molecule has 1 saturated heterocycles. The summed E-state index contributed by atoms with van der Waals surface area (Å²) in [5.41, 5.74) is 0.922. The molecule has 0 spiro atoms. The number of nitrogens with zero attached hydrogens (tertiary/aromatic N) is 1. The average molecular weight is 366 g/mol. The molecule has 1 aliphatic heterocycles. The van der Waals surface area contributed by atoms with Crippen LogP contribution in [0.4, 0.5) is 0 Å². The third-order valence-electron chi connectivity index (χ3n) is 4.08. The SMILES string of the molecule is CCOC(=O)[C@H](NS(=O)(=O)c1ccc(C)cc1)[C@@H]1CCCO[C@H]1C#N. The Kier molecular flexibility index (Phi) is 6.53. The molecule has 1 N–H and O–H groups in total. The molecule has 0 bridgehead atoms. The topological polar surface area (TPSA) is 105 Å². The van der Waals surface area contributed by atoms with E-state index in [1.807, 2.05) is 13.0 Å². The van der Waals surface area contributed by atoms with Crippen molar-refractivity contribution in [2.24, 2.45) is 5.92 Å². The first-order chi connectivity index (χ1) is 11.9. The van der Waals surface area contributed by atoms with Crippen LogP contribution in [0.2, 0.25) is 0 Å². The smallest absolute Gasteiger partial charge is 0.324 e. The number of nitrogens with one attached hydrogen (secondary N) is 1. The third-order valence-corrected chi connectivity index (χ3v) is 5.53. The van der Waals surface area contributed by atoms with Crippen molar-refractivity contribution >= 4 is 16.0 Å². The van der Waals surface area contributed by atoms with Crippen LogP contribution in [0.25, 0.3) is 0 Å². The van der Waals surface area contributed by atoms with Gasteiger partial charge in [-0.05, 0) is 38.8 Å². The Morgan fingerprint density at radius 3 is 2.72 bits per heavy atom. The van der Waals surface area contributed by atoms with Crippen LogP contribution in [0.1, 0.15) is 25.3 Å². The summed E-state index contributed by atoms with van der Waals surface area (Å²) in [4.78, 5) is 12.4. The quantitative estimate of drug-likeness (QED) is 0.765. The van der Waals surface area contributed by atoms with Gasteiger partial charge in [0.1, 0.15) is 12.1 Å². The van der Waals surface area contributed by atoms with Gasteiger partial charge in [-0.2, -0.15) is 9.98 Å². The molecule has 0 aromatic heterocycles. The van der Waals surface area contributed by atoms with Gasteiger partial charge in [0, 0.05) is 12.5 Å². The van der Waals surface area contributed by atoms with Crippen LogP contribution in [-0.4, -0.2) is 39.7 Å². The van der Waals surface area contributed by atoms with Gasteiger partial charge in [0.15, 0.2) is 0 Å². The zero-order chi connectivity index (χ0) is 18.4. The number of carbonyl (C=O) groups excluding carboxylic acids is 1. The highest BCUT2D eigenvalue weighted by atomic mass is 32.2. The van der Waals surface area contributed by atoms with Crippen molar-refractivity contribution in [2.75, 3.05) is 13.2 Å². The molecule has 7 nitrogen and oxygen atoms in total. The van der Waals surface area contributed by atoms with Crippen LogP contribution in [0, 0.1) is 24.2 Å². The van der Waals surface area contributed by atoms with E-state index in [1.165, 1.54) is 12.1 Å². The monoisotopic (exact) mass is 366 g/mol. The number of benzene rings is 1. The molecule has 1 aliphatic rings. The van der Waals surface area contributed by atoms with Gasteiger partial charge in [-0.1, -0.05) is 17.7 Å². The molecule has 136 valence electrons. The fraction of sp³-hybridized carbons (Fsp3) is 0.529. The Hall–Kier alpha value is -1.95. The molecule has 1 aromatic carbocycles. The Bertz CT molecular complexity index is 739. The van der Waals surface area contributed by atoms with Crippen LogP contribution < -0.4 is 4.72 Å². The zero-order valence-electron chi connectivity index (χ0n) is 14.3. The van der Waals surface area contributed by atoms with Crippen LogP contribution in [0.15, 0.2) is 29.2 Å². The Balaban J connectivity index is 2.30. The van der Waals surface area contributed by atoms with Gasteiger partial charge in [0.2, 0.25) is 10.0 Å². The largest absolute Gasteiger partial charge is 0.465 e. The average Bonchev–Trinajstić information content (AvgIpc) is 2.60. The van der Waals surface area contributed by atoms with Crippen molar-refractivity contribution in [1.29, 1.82) is 5.26 Å². The number of esters is 1. The Morgan fingerprint density at radius 1 is 1.44 bits per heavy atom. The number of hydrogen-bond acceptors (Lipinski definition) is 6. The molecule has 1 fully saturated rings. The predicted molar refractivity (Wildman–Crippen MR) is 90.0 cm³/mol. The van der Waals surface area contributed by atoms with E-state index < -0.39 is 34.1 Å². The molecule has 0 amide bonds. The van der Waals surface area contributed by atoms with E-state index in [0.29, 0.717) is 19.4 Å². The molecular weight excluding hydrogens is 344 g/mol. The van der Waals surface area contributed by atoms with E-state index in [-0.39, 0.29) is 11.5 Å². The van der Waals surface area contributed by atoms with E-state index in [0.717, 1.165) is 5.56 Å². The maximum absolute atomic E-state index is 12.7. The van der Waals surface area contributed by atoms with Gasteiger partial charge in [-0.25, -0.2) is 8.42 Å². The van der Waals surface area contributed by atoms with E-state index in [2.05, 4.69) is 4.72 Å². The van der Waals surface area contributed by atoms with E-state index >= 15 is 0 Å². The number of rotatable bonds is 6. The predicted octanol–water partition coefficient (Wildman–Crippen LogP) is 1.52. The minimum absolute atomic E-state index is 0.0534. The minimum Gasteiger partial charge on any atom is -0.465 e. The molecule has 0 aliphatic carbocycles. The van der Waals surface area contributed by atoms with Crippen molar-refractivity contribution < 1.29 is 22.7 Å². The summed E-state index contributed by atoms with van der Waals surface area (Å²) in [6.45, 7) is 4.02. The van der Waals surface area contributed by atoms with E-state index in [1.54, 1.807) is 19.1 Å². The number of aryl methyl sites for hydroxylation is 1. The number of hydrogen-bond donors (Lipinski definition) is 1. The summed E-state index contributed by atoms with van der Waals surface area (Å²) in [7, 11) is -3.94. The summed E-state index contributed by atoms with van der Waals surface area (Å²) in [6.07, 6.45) is 0.284. The minimum atomic E-state index is -3.94. The molecular formula is C17H22N2O5S. The number of sulfonamides is 1. The molecule has 25 heavy (non-hydrogen) atoms. The molecule has 3 atom stereocenters. The van der Waals surface area contributed by atoms with Gasteiger partial charge in [-0.15, -0.1) is 0 Å². The summed E-state index contributed by atoms with van der Waals surface area (Å²) < 4.78 is 38.1. The summed E-state index contributed by atoms with van der Waals surface area (Å²) in [5.74, 6) is -1.30. The molecule has 0 saturated carbocycles. The lowest BCUT2D eigenvalue weighted by atomic mass is 9.88. The standard InChI is InChI=1S/C17H22N2O5S/c1-3-23-17(20)16(14-5-4-10-24-15(14)11-18)19-25(21,22)13-8-6-12(2)7-9-13/h6-9,14-16,19H,3-5,10H2,1-2H3/t14-,15+,16-/m1/s1. The second kappa shape index (κ2) is 8.43. The van der Waals surface area contributed by atoms with Crippen LogP contribution >= 0.6 is 0 Å². The first-order valence-electron chi connectivity index (χ1n) is 8.16. The number of carbonyl (C=O) groups is 1. The van der Waals surface area contributed by atoms with Gasteiger partial charge in [0.25, 0.3) is 0 Å². The lowest BCUT2D eigenvalue weighted by molar-refractivity contribution is -0.149. The highest BCUT2D eigenvalue weighted by Crippen LogP contribution is 2.26. The highest BCUT2D eigenvalue weighted by molar-refractivity contribution is 7.89. The molecule has 0 radical (unpaired) electrons. The second-order valence-corrected chi connectivity index (χ2v) is 7.60. The van der Waals surface area contributed by atoms with Crippen molar-refractivity contribution in [3.05, 3.63) is 29.8 Å². The number of nitriles is 1. The molecule has 1 heterocycles. The van der Waals surface area contributed by atoms with Crippen LogP contribution in [0.5, 0.6) is 0 Å². The third kappa shape index (κ3) is 4.78. The van der Waals surface area contributed by atoms with Gasteiger partial charge >= 0.3 is 5.97 Å².